The zero-order valence-electron chi connectivity index (χ0n) is 106. The Kier molecular flexibility index (Phi) is 73.1. The highest BCUT2D eigenvalue weighted by Gasteiger charge is 2.38. The maximum atomic E-state index is 11.4. The highest BCUT2D eigenvalue weighted by Crippen LogP contribution is 2.45. The number of allylic oxidation sites excluding steroid dienone is 3. The summed E-state index contributed by atoms with van der Waals surface area (Å²) in [4.78, 5) is 32.4. The second-order valence-electron chi connectivity index (χ2n) is 62.1. The minimum Gasteiger partial charge on any atom is -0.381 e. The molecular formula is C136H275N7O5. The van der Waals surface area contributed by atoms with Crippen LogP contribution >= 0.6 is 0 Å². The molecule has 14 fully saturated rings. The minimum atomic E-state index is 0. The first kappa shape index (κ1) is 150. The Morgan fingerprint density at radius 1 is 0.257 bits per heavy atom. The summed E-state index contributed by atoms with van der Waals surface area (Å²) in [6, 6.07) is 0. The van der Waals surface area contributed by atoms with E-state index in [0.29, 0.717) is 90.1 Å². The normalized spacial score (nSPS) is 24.3. The monoisotopic (exact) mass is 2090 g/mol. The lowest BCUT2D eigenvalue weighted by Crippen LogP contribution is -2.51. The number of carbonyl (C=O) groups is 2. The second kappa shape index (κ2) is 72.1. The van der Waals surface area contributed by atoms with Gasteiger partial charge in [-0.2, -0.15) is 0 Å². The molecule has 3 N–H and O–H groups in total. The predicted octanol–water partition coefficient (Wildman–Crippen LogP) is 38.6. The summed E-state index contributed by atoms with van der Waals surface area (Å²) >= 11 is 0. The average molecular weight is 2090 g/mol. The average Bonchev–Trinajstić information content (AvgIpc) is 0.846. The van der Waals surface area contributed by atoms with Crippen LogP contribution in [0.25, 0.3) is 0 Å². The summed E-state index contributed by atoms with van der Waals surface area (Å²) in [6.45, 7) is 127. The van der Waals surface area contributed by atoms with Crippen LogP contribution in [0.5, 0.6) is 0 Å². The minimum absolute atomic E-state index is 0. The third-order valence-corrected chi connectivity index (χ3v) is 35.0. The largest absolute Gasteiger partial charge is 0.381 e. The molecule has 14 rings (SSSR count). The highest BCUT2D eigenvalue weighted by molar-refractivity contribution is 5.82. The zero-order valence-corrected chi connectivity index (χ0v) is 106. The van der Waals surface area contributed by atoms with Gasteiger partial charge < -0.3 is 35.1 Å². The molecule has 884 valence electrons. The molecule has 6 saturated carbocycles. The van der Waals surface area contributed by atoms with Crippen molar-refractivity contribution in [3.05, 3.63) is 36.6 Å². The lowest BCUT2D eigenvalue weighted by molar-refractivity contribution is -0.128. The smallest absolute Gasteiger partial charge is 0.220 e. The molecule has 0 aromatic rings. The van der Waals surface area contributed by atoms with Crippen LogP contribution in [0.3, 0.4) is 0 Å². The van der Waals surface area contributed by atoms with Crippen LogP contribution in [0, 0.1) is 107 Å². The van der Waals surface area contributed by atoms with Crippen molar-refractivity contribution in [2.45, 2.75) is 611 Å². The Hall–Kier alpha value is -2.16. The van der Waals surface area contributed by atoms with Crippen LogP contribution in [-0.2, 0) is 23.8 Å². The number of Topliss-reactive ketones (excluding diaryl/α,β-unsaturated/α-hetero) is 1. The van der Waals surface area contributed by atoms with Crippen LogP contribution in [0.15, 0.2) is 36.6 Å². The van der Waals surface area contributed by atoms with E-state index in [1.807, 2.05) is 0 Å². The zero-order chi connectivity index (χ0) is 111. The molecule has 0 spiro atoms. The molecular weight excluding hydrogens is 1810 g/mol. The number of piperidine rings is 4. The Morgan fingerprint density at radius 2 is 0.628 bits per heavy atom. The molecule has 0 bridgehead atoms. The van der Waals surface area contributed by atoms with E-state index in [1.54, 1.807) is 0 Å². The van der Waals surface area contributed by atoms with Crippen LogP contribution < -0.4 is 16.0 Å². The lowest BCUT2D eigenvalue weighted by Gasteiger charge is -2.41. The van der Waals surface area contributed by atoms with E-state index < -0.39 is 0 Å². The second-order valence-corrected chi connectivity index (χ2v) is 62.1. The van der Waals surface area contributed by atoms with E-state index in [9.17, 15) is 9.59 Å². The molecule has 12 heteroatoms. The van der Waals surface area contributed by atoms with E-state index in [2.05, 4.69) is 346 Å². The van der Waals surface area contributed by atoms with E-state index in [0.717, 1.165) is 133 Å². The Labute approximate surface area is 931 Å². The molecule has 6 unspecified atom stereocenters. The number of rotatable bonds is 0. The van der Waals surface area contributed by atoms with Crippen LogP contribution in [0.2, 0.25) is 0 Å². The summed E-state index contributed by atoms with van der Waals surface area (Å²) < 4.78 is 16.3. The van der Waals surface area contributed by atoms with Gasteiger partial charge in [0.15, 0.2) is 0 Å². The number of nitrogens with one attached hydrogen (secondary N) is 3. The predicted molar refractivity (Wildman–Crippen MR) is 663 cm³/mol. The Balaban J connectivity index is -0.00000153. The number of hydrogen-bond donors (Lipinski definition) is 3. The topological polar surface area (TPSA) is 111 Å². The third-order valence-electron chi connectivity index (χ3n) is 35.0. The number of piperazine rings is 1. The fourth-order valence-corrected chi connectivity index (χ4v) is 23.4. The summed E-state index contributed by atoms with van der Waals surface area (Å²) in [7, 11) is 0. The fourth-order valence-electron chi connectivity index (χ4n) is 23.4. The first-order chi connectivity index (χ1) is 66.5. The summed E-state index contributed by atoms with van der Waals surface area (Å²) in [5.74, 6) is 8.08. The molecule has 0 aromatic carbocycles. The quantitative estimate of drug-likeness (QED) is 0.202. The van der Waals surface area contributed by atoms with Crippen molar-refractivity contribution < 1.29 is 23.8 Å². The van der Waals surface area contributed by atoms with Gasteiger partial charge in [-0.3, -0.25) is 24.3 Å². The summed E-state index contributed by atoms with van der Waals surface area (Å²) in [6.07, 6.45) is 56.7. The van der Waals surface area contributed by atoms with Crippen molar-refractivity contribution in [2.24, 2.45) is 107 Å². The van der Waals surface area contributed by atoms with Crippen LogP contribution in [-0.4, -0.2) is 171 Å². The van der Waals surface area contributed by atoms with Crippen molar-refractivity contribution in [3.8, 4) is 0 Å². The van der Waals surface area contributed by atoms with Gasteiger partial charge in [0.05, 0.1) is 19.3 Å². The van der Waals surface area contributed by atoms with E-state index >= 15 is 0 Å². The number of amides is 1. The molecule has 12 nitrogen and oxygen atoms in total. The van der Waals surface area contributed by atoms with Gasteiger partial charge in [0.1, 0.15) is 5.78 Å². The molecule has 8 aliphatic heterocycles. The number of nitrogens with zero attached hydrogens (tertiary/aromatic N) is 4. The molecule has 148 heavy (non-hydrogen) atoms. The van der Waals surface area contributed by atoms with Gasteiger partial charge in [-0.05, 0) is 397 Å². The van der Waals surface area contributed by atoms with Crippen LogP contribution in [0.1, 0.15) is 583 Å². The number of ether oxygens (including phenoxy) is 3. The van der Waals surface area contributed by atoms with Gasteiger partial charge in [0.2, 0.25) is 5.91 Å². The maximum absolute atomic E-state index is 11.4. The standard InChI is InChI=1S/2C11H20.C10H19N.C10H18O.3C10H20.C9H17NO.2C9H19N.2C9H18O.C8H18N2.C8H17NO.3CH4/c1-9-5-7-10(8-6-9)11(2,3)4;1-9-6-5-7-10(8-9)11(2,3)4;1-9-7-5-6-8-11(9)10(2,3)4;1-10(2,3)8-6-4-5-7-9(8)11;3*1-10(2,3)9-7-5-4-6-8-9;1-9(2,3)7-4-5-10-8(11)6-7;1-9(2,3)8-5-4-6-10-7-8;1-9(2,3)10-7-5-4-6-8-10;1-9(2,3)8-5-4-6-10-7-8;1-9(2,3)8-6-4-5-7-10-8;1-8(2,3)10-6-4-9-5-7-10;1-8(2,3)9-4-6-10-7-5-9;;;/h2*10H,1,5-8H2,2-4H3;1,5-8H2,2-4H3;8H,4-7H2,1-3H3;3*9H,4-8H2,1-3H3;7H,4-6H2,1-3H3,(H,10,11);8,10H,4-7H2,1-3H3;4-8H2,1-3H3;2*8H,4-7H2,1-3H3;9H,4-7H2,1-3H3;4-7H2,1-3H3;3*1H4. The Morgan fingerprint density at radius 3 is 0.905 bits per heavy atom. The van der Waals surface area contributed by atoms with Crippen molar-refractivity contribution in [1.29, 1.82) is 0 Å². The fraction of sp³-hybridized carbons (Fsp3) is 0.941. The van der Waals surface area contributed by atoms with E-state index in [-0.39, 0.29) is 44.6 Å². The third kappa shape index (κ3) is 69.3. The van der Waals surface area contributed by atoms with Gasteiger partial charge in [0, 0.05) is 119 Å². The highest BCUT2D eigenvalue weighted by atomic mass is 16.5. The molecule has 0 radical (unpaired) electrons. The van der Waals surface area contributed by atoms with Crippen LogP contribution in [0.4, 0.5) is 0 Å². The molecule has 14 aliphatic rings. The van der Waals surface area contributed by atoms with Crippen molar-refractivity contribution in [1.82, 2.24) is 35.6 Å². The van der Waals surface area contributed by atoms with Crippen molar-refractivity contribution in [2.75, 3.05) is 112 Å². The van der Waals surface area contributed by atoms with E-state index in [1.165, 1.54) is 300 Å². The molecule has 0 aromatic heterocycles. The first-order valence-electron chi connectivity index (χ1n) is 61.5. The van der Waals surface area contributed by atoms with Gasteiger partial charge in [0.25, 0.3) is 0 Å². The number of likely N-dealkylation sites (tertiary alicyclic amines) is 2. The van der Waals surface area contributed by atoms with Gasteiger partial charge in [-0.25, -0.2) is 0 Å². The lowest BCUT2D eigenvalue weighted by atomic mass is 9.71. The molecule has 6 atom stereocenters. The van der Waals surface area contributed by atoms with Crippen molar-refractivity contribution >= 4 is 11.7 Å². The number of hydrogen-bond acceptors (Lipinski definition) is 11. The Bertz CT molecular complexity index is 2820. The summed E-state index contributed by atoms with van der Waals surface area (Å²) in [5, 5.41) is 9.63. The molecule has 6 aliphatic carbocycles. The summed E-state index contributed by atoms with van der Waals surface area (Å²) in [5.41, 5.74) is 10.1. The van der Waals surface area contributed by atoms with Crippen molar-refractivity contribution in [3.63, 3.8) is 0 Å². The number of morpholine rings is 1. The maximum Gasteiger partial charge on any atom is 0.220 e. The molecule has 1 amide bonds. The van der Waals surface area contributed by atoms with Gasteiger partial charge in [-0.1, -0.05) is 332 Å². The number of carbonyl (C=O) groups excluding carboxylic acids is 2. The molecule has 8 saturated heterocycles. The van der Waals surface area contributed by atoms with E-state index in [4.69, 9.17) is 14.2 Å². The van der Waals surface area contributed by atoms with Gasteiger partial charge in [-0.15, -0.1) is 0 Å². The SMILES string of the molecule is C.C.C.C=C1CCC(C(C)(C)C)CC1.C=C1CCCC(C(C)(C)C)C1.C=C1CCCCN1C(C)(C)C.CC(C)(C)C1CCCCC1.CC(C)(C)C1CCCCC1.CC(C)(C)C1CCCCC1.CC(C)(C)C1CCCCC1=O.CC(C)(C)C1CCCCO1.CC(C)(C)C1CCCNC1.CC(C)(C)C1CCCOC1.CC(C)(C)C1CCNC(=O)C1.CC(C)(C)N1CCCCC1.CC(C)(C)N1CCNCC1.CC(C)(C)N1CCOCC1. The number of ketones is 1. The van der Waals surface area contributed by atoms with Gasteiger partial charge >= 0.3 is 0 Å². The first-order valence-corrected chi connectivity index (χ1v) is 61.5. The molecule has 8 heterocycles.